The molecule has 4 aromatic heterocycles. The van der Waals surface area contributed by atoms with Gasteiger partial charge in [0.05, 0.1) is 42.4 Å². The van der Waals surface area contributed by atoms with Gasteiger partial charge >= 0.3 is 0 Å². The first-order valence-corrected chi connectivity index (χ1v) is 12.5. The molecule has 1 fully saturated rings. The number of ether oxygens (including phenoxy) is 1. The summed E-state index contributed by atoms with van der Waals surface area (Å²) in [6, 6.07) is 14.2. The van der Waals surface area contributed by atoms with Crippen molar-refractivity contribution in [2.45, 2.75) is 13.1 Å². The molecule has 1 aliphatic heterocycles. The number of morpholine rings is 1. The number of benzene rings is 1. The van der Waals surface area contributed by atoms with Crippen LogP contribution in [0.1, 0.15) is 11.5 Å². The molecule has 6 rings (SSSR count). The summed E-state index contributed by atoms with van der Waals surface area (Å²) in [6.45, 7) is 4.55. The van der Waals surface area contributed by atoms with Crippen molar-refractivity contribution in [3.63, 3.8) is 0 Å². The van der Waals surface area contributed by atoms with Crippen LogP contribution in [-0.4, -0.2) is 50.6 Å². The zero-order valence-electron chi connectivity index (χ0n) is 18.4. The molecule has 1 N–H and O–H groups in total. The fourth-order valence-corrected chi connectivity index (χ4v) is 5.38. The lowest BCUT2D eigenvalue weighted by atomic mass is 10.1. The number of nitrogens with zero attached hydrogens (tertiary/aromatic N) is 5. The molecule has 0 spiro atoms. The van der Waals surface area contributed by atoms with Gasteiger partial charge in [-0.25, -0.2) is 15.0 Å². The van der Waals surface area contributed by atoms with E-state index in [9.17, 15) is 0 Å². The van der Waals surface area contributed by atoms with Crippen LogP contribution in [0, 0.1) is 0 Å². The molecular weight excluding hydrogens is 468 g/mol. The Hall–Kier alpha value is -3.04. The second-order valence-corrected chi connectivity index (χ2v) is 9.57. The van der Waals surface area contributed by atoms with Crippen LogP contribution in [0.5, 0.6) is 0 Å². The molecule has 0 unspecified atom stereocenters. The predicted molar refractivity (Wildman–Crippen MR) is 136 cm³/mol. The minimum atomic E-state index is 0.548. The zero-order chi connectivity index (χ0) is 22.9. The number of thiophene rings is 1. The molecule has 5 heterocycles. The minimum Gasteiger partial charge on any atom is -0.379 e. The van der Waals surface area contributed by atoms with Crippen LogP contribution in [-0.2, 0) is 17.8 Å². The largest absolute Gasteiger partial charge is 0.379 e. The normalized spacial score (nSPS) is 14.7. The second-order valence-electron chi connectivity index (χ2n) is 8.27. The van der Waals surface area contributed by atoms with Gasteiger partial charge in [0.1, 0.15) is 22.1 Å². The molecule has 34 heavy (non-hydrogen) atoms. The van der Waals surface area contributed by atoms with Crippen molar-refractivity contribution in [2.75, 3.05) is 31.6 Å². The molecule has 0 amide bonds. The fraction of sp³-hybridized carbons (Fsp3) is 0.240. The molecule has 0 saturated carbocycles. The van der Waals surface area contributed by atoms with E-state index < -0.39 is 0 Å². The van der Waals surface area contributed by atoms with Gasteiger partial charge in [-0.1, -0.05) is 41.9 Å². The number of halogens is 1. The van der Waals surface area contributed by atoms with Gasteiger partial charge in [-0.05, 0) is 17.7 Å². The molecule has 1 aromatic carbocycles. The fourth-order valence-electron chi connectivity index (χ4n) is 4.25. The maximum Gasteiger partial charge on any atom is 0.146 e. The summed E-state index contributed by atoms with van der Waals surface area (Å²) in [5.74, 6) is 1.66. The molecule has 0 atom stereocenters. The van der Waals surface area contributed by atoms with Crippen molar-refractivity contribution in [3.05, 3.63) is 76.8 Å². The molecule has 1 aliphatic rings. The lowest BCUT2D eigenvalue weighted by Crippen LogP contribution is -2.36. The first-order valence-electron chi connectivity index (χ1n) is 11.2. The highest BCUT2D eigenvalue weighted by Crippen LogP contribution is 2.37. The Morgan fingerprint density at radius 3 is 2.71 bits per heavy atom. The third-order valence-electron chi connectivity index (χ3n) is 5.94. The number of aromatic nitrogens is 4. The Morgan fingerprint density at radius 1 is 1.00 bits per heavy atom. The summed E-state index contributed by atoms with van der Waals surface area (Å²) in [7, 11) is 0. The Kier molecular flexibility index (Phi) is 5.88. The van der Waals surface area contributed by atoms with Crippen molar-refractivity contribution in [3.8, 4) is 11.1 Å². The van der Waals surface area contributed by atoms with E-state index in [4.69, 9.17) is 31.3 Å². The number of anilines is 1. The van der Waals surface area contributed by atoms with Crippen molar-refractivity contribution in [1.29, 1.82) is 0 Å². The van der Waals surface area contributed by atoms with Gasteiger partial charge in [0.15, 0.2) is 0 Å². The Balaban J connectivity index is 1.36. The van der Waals surface area contributed by atoms with Gasteiger partial charge in [0.25, 0.3) is 0 Å². The number of nitrogens with one attached hydrogen (secondary N) is 1. The van der Waals surface area contributed by atoms with Crippen molar-refractivity contribution >= 4 is 44.6 Å². The van der Waals surface area contributed by atoms with Crippen LogP contribution in [0.25, 0.3) is 27.0 Å². The lowest BCUT2D eigenvalue weighted by molar-refractivity contribution is 0.0331. The zero-order valence-corrected chi connectivity index (χ0v) is 20.0. The van der Waals surface area contributed by atoms with E-state index in [1.54, 1.807) is 11.3 Å². The lowest BCUT2D eigenvalue weighted by Gasteiger charge is -2.25. The highest BCUT2D eigenvalue weighted by atomic mass is 35.5. The molecule has 0 bridgehead atoms. The quantitative estimate of drug-likeness (QED) is 0.357. The maximum absolute atomic E-state index is 6.13. The number of imidazole rings is 1. The van der Waals surface area contributed by atoms with Crippen molar-refractivity contribution < 1.29 is 4.74 Å². The Morgan fingerprint density at radius 2 is 1.85 bits per heavy atom. The standard InChI is InChI=1S/C25H23ClN6OS/c26-18-6-7-22-28-19(14-32(22)13-18)12-27-24-23-20(17-4-2-1-3-5-17)16-34-25(23)30-21(29-24)15-31-8-10-33-11-9-31/h1-7,13-14,16H,8-12,15H2,(H,27,29,30). The Bertz CT molecular complexity index is 1440. The third-order valence-corrected chi connectivity index (χ3v) is 7.03. The van der Waals surface area contributed by atoms with Crippen LogP contribution in [0.3, 0.4) is 0 Å². The van der Waals surface area contributed by atoms with Gasteiger partial charge in [0.2, 0.25) is 0 Å². The average Bonchev–Trinajstić information content (AvgIpc) is 3.47. The monoisotopic (exact) mass is 490 g/mol. The smallest absolute Gasteiger partial charge is 0.146 e. The van der Waals surface area contributed by atoms with Gasteiger partial charge < -0.3 is 14.5 Å². The molecule has 0 radical (unpaired) electrons. The van der Waals surface area contributed by atoms with Gasteiger partial charge in [-0.15, -0.1) is 11.3 Å². The molecule has 5 aromatic rings. The summed E-state index contributed by atoms with van der Waals surface area (Å²) in [5, 5.41) is 7.46. The van der Waals surface area contributed by atoms with E-state index in [0.29, 0.717) is 18.1 Å². The summed E-state index contributed by atoms with van der Waals surface area (Å²) in [4.78, 5) is 17.9. The van der Waals surface area contributed by atoms with Crippen LogP contribution in [0.4, 0.5) is 5.82 Å². The van der Waals surface area contributed by atoms with E-state index in [2.05, 4.69) is 39.9 Å². The number of hydrogen-bond acceptors (Lipinski definition) is 7. The SMILES string of the molecule is Clc1ccc2nc(CNc3nc(CN4CCOCC4)nc4scc(-c5ccccc5)c34)cn2c1. The molecule has 172 valence electrons. The van der Waals surface area contributed by atoms with E-state index in [1.807, 2.05) is 35.0 Å². The number of pyridine rings is 1. The molecule has 9 heteroatoms. The third kappa shape index (κ3) is 4.37. The molecular formula is C25H23ClN6OS. The summed E-state index contributed by atoms with van der Waals surface area (Å²) in [6.07, 6.45) is 3.86. The summed E-state index contributed by atoms with van der Waals surface area (Å²) >= 11 is 7.79. The number of rotatable bonds is 6. The Labute approximate surface area is 206 Å². The highest BCUT2D eigenvalue weighted by molar-refractivity contribution is 7.17. The van der Waals surface area contributed by atoms with E-state index >= 15 is 0 Å². The number of fused-ring (bicyclic) bond motifs is 2. The van der Waals surface area contributed by atoms with Crippen LogP contribution in [0.2, 0.25) is 5.02 Å². The second kappa shape index (κ2) is 9.31. The highest BCUT2D eigenvalue weighted by Gasteiger charge is 2.18. The van der Waals surface area contributed by atoms with Crippen molar-refractivity contribution in [1.82, 2.24) is 24.3 Å². The molecule has 1 saturated heterocycles. The van der Waals surface area contributed by atoms with E-state index in [1.165, 1.54) is 0 Å². The summed E-state index contributed by atoms with van der Waals surface area (Å²) in [5.41, 5.74) is 4.08. The molecule has 0 aliphatic carbocycles. The first-order chi connectivity index (χ1) is 16.7. The van der Waals surface area contributed by atoms with Crippen LogP contribution >= 0.6 is 22.9 Å². The average molecular weight is 491 g/mol. The molecule has 7 nitrogen and oxygen atoms in total. The number of hydrogen-bond donors (Lipinski definition) is 1. The van der Waals surface area contributed by atoms with E-state index in [-0.39, 0.29) is 0 Å². The topological polar surface area (TPSA) is 67.6 Å². The van der Waals surface area contributed by atoms with Gasteiger partial charge in [0, 0.05) is 36.4 Å². The van der Waals surface area contributed by atoms with Crippen LogP contribution < -0.4 is 5.32 Å². The minimum absolute atomic E-state index is 0.548. The first kappa shape index (κ1) is 21.5. The van der Waals surface area contributed by atoms with Gasteiger partial charge in [-0.2, -0.15) is 0 Å². The predicted octanol–water partition coefficient (Wildman–Crippen LogP) is 5.10. The maximum atomic E-state index is 6.13. The van der Waals surface area contributed by atoms with Crippen molar-refractivity contribution in [2.24, 2.45) is 0 Å². The van der Waals surface area contributed by atoms with Gasteiger partial charge in [-0.3, -0.25) is 4.90 Å². The van der Waals surface area contributed by atoms with E-state index in [0.717, 1.165) is 70.6 Å². The van der Waals surface area contributed by atoms with Crippen LogP contribution in [0.15, 0.2) is 60.2 Å². The summed E-state index contributed by atoms with van der Waals surface area (Å²) < 4.78 is 7.44.